The van der Waals surface area contributed by atoms with Crippen LogP contribution in [0.15, 0.2) is 0 Å². The smallest absolute Gasteiger partial charge is 0.0134 e. The molecule has 2 radical (unpaired) electrons. The molecular formula is C3H10N2Na2. The van der Waals surface area contributed by atoms with Crippen LogP contribution in [0.25, 0.3) is 0 Å². The summed E-state index contributed by atoms with van der Waals surface area (Å²) >= 11 is 0. The summed E-state index contributed by atoms with van der Waals surface area (Å²) in [6, 6.07) is 0.162. The summed E-state index contributed by atoms with van der Waals surface area (Å²) in [6.07, 6.45) is 0. The average molecular weight is 120 g/mol. The summed E-state index contributed by atoms with van der Waals surface area (Å²) in [5.74, 6) is 0. The molecule has 1 atom stereocenters. The van der Waals surface area contributed by atoms with Gasteiger partial charge in [0.1, 0.15) is 0 Å². The molecule has 4 heteroatoms. The van der Waals surface area contributed by atoms with Crippen LogP contribution in [0, 0.1) is 0 Å². The molecule has 0 aromatic carbocycles. The van der Waals surface area contributed by atoms with Gasteiger partial charge in [0, 0.05) is 71.7 Å². The zero-order valence-corrected chi connectivity index (χ0v) is 9.44. The van der Waals surface area contributed by atoms with E-state index in [2.05, 4.69) is 0 Å². The van der Waals surface area contributed by atoms with E-state index in [4.69, 9.17) is 11.5 Å². The normalized spacial score (nSPS) is 10.7. The number of hydrogen-bond acceptors (Lipinski definition) is 2. The van der Waals surface area contributed by atoms with E-state index in [-0.39, 0.29) is 65.2 Å². The van der Waals surface area contributed by atoms with Gasteiger partial charge < -0.3 is 11.5 Å². The van der Waals surface area contributed by atoms with Crippen LogP contribution in [0.3, 0.4) is 0 Å². The van der Waals surface area contributed by atoms with Gasteiger partial charge in [0.2, 0.25) is 0 Å². The molecule has 0 spiro atoms. The maximum Gasteiger partial charge on any atom is 0.0134 e. The Balaban J connectivity index is -0.0000000800. The molecule has 0 rings (SSSR count). The van der Waals surface area contributed by atoms with Crippen molar-refractivity contribution in [3.63, 3.8) is 0 Å². The van der Waals surface area contributed by atoms with Crippen LogP contribution in [-0.2, 0) is 0 Å². The van der Waals surface area contributed by atoms with Gasteiger partial charge in [-0.2, -0.15) is 0 Å². The van der Waals surface area contributed by atoms with E-state index >= 15 is 0 Å². The van der Waals surface area contributed by atoms with Crippen LogP contribution in [0.4, 0.5) is 0 Å². The monoisotopic (exact) mass is 120 g/mol. The van der Waals surface area contributed by atoms with E-state index in [1.54, 1.807) is 0 Å². The van der Waals surface area contributed by atoms with Gasteiger partial charge in [-0.05, 0) is 6.92 Å². The van der Waals surface area contributed by atoms with Gasteiger partial charge in [-0.25, -0.2) is 0 Å². The SMILES string of the molecule is CC(N)CN.[Na].[Na]. The van der Waals surface area contributed by atoms with Gasteiger partial charge in [0.25, 0.3) is 0 Å². The number of rotatable bonds is 1. The van der Waals surface area contributed by atoms with Crippen molar-refractivity contribution in [1.29, 1.82) is 0 Å². The number of nitrogens with two attached hydrogens (primary N) is 2. The summed E-state index contributed by atoms with van der Waals surface area (Å²) in [5.41, 5.74) is 10.2. The molecule has 0 saturated heterocycles. The Morgan fingerprint density at radius 3 is 1.57 bits per heavy atom. The molecule has 0 heterocycles. The minimum Gasteiger partial charge on any atom is -0.329 e. The molecule has 4 N–H and O–H groups in total. The van der Waals surface area contributed by atoms with Crippen molar-refractivity contribution in [3.8, 4) is 0 Å². The van der Waals surface area contributed by atoms with E-state index in [1.165, 1.54) is 0 Å². The standard InChI is InChI=1S/C3H10N2.2Na/c1-3(5)2-4;;/h3H,2,4-5H2,1H3;;. The summed E-state index contributed by atoms with van der Waals surface area (Å²) in [6.45, 7) is 2.46. The fraction of sp³-hybridized carbons (Fsp3) is 1.00. The molecule has 2 nitrogen and oxygen atoms in total. The maximum atomic E-state index is 5.17. The Kier molecular flexibility index (Phi) is 24.7. The first-order valence-corrected chi connectivity index (χ1v) is 1.73. The van der Waals surface area contributed by atoms with Gasteiger partial charge in [-0.3, -0.25) is 0 Å². The Morgan fingerprint density at radius 1 is 1.43 bits per heavy atom. The predicted molar refractivity (Wildman–Crippen MR) is 34.2 cm³/mol. The van der Waals surface area contributed by atoms with E-state index < -0.39 is 0 Å². The second kappa shape index (κ2) is 10.8. The molecule has 34 valence electrons. The Morgan fingerprint density at radius 2 is 1.57 bits per heavy atom. The number of hydrogen-bond donors (Lipinski definition) is 2. The van der Waals surface area contributed by atoms with E-state index in [0.717, 1.165) is 0 Å². The van der Waals surface area contributed by atoms with Crippen LogP contribution in [0.2, 0.25) is 0 Å². The average Bonchev–Trinajstić information content (AvgIpc) is 1.38. The zero-order chi connectivity index (χ0) is 4.28. The first kappa shape index (κ1) is 16.0. The third kappa shape index (κ3) is 18.1. The summed E-state index contributed by atoms with van der Waals surface area (Å²) < 4.78 is 0. The van der Waals surface area contributed by atoms with Gasteiger partial charge in [-0.1, -0.05) is 0 Å². The molecule has 0 aromatic heterocycles. The van der Waals surface area contributed by atoms with Gasteiger partial charge in [0.15, 0.2) is 0 Å². The third-order valence-corrected chi connectivity index (χ3v) is 0.372. The van der Waals surface area contributed by atoms with Crippen LogP contribution in [-0.4, -0.2) is 71.7 Å². The fourth-order valence-corrected chi connectivity index (χ4v) is 0. The third-order valence-electron chi connectivity index (χ3n) is 0.372. The minimum absolute atomic E-state index is 0. The second-order valence-electron chi connectivity index (χ2n) is 1.21. The first-order valence-electron chi connectivity index (χ1n) is 1.73. The molecule has 0 amide bonds. The molecule has 0 saturated carbocycles. The van der Waals surface area contributed by atoms with E-state index in [0.29, 0.717) is 6.54 Å². The van der Waals surface area contributed by atoms with Crippen molar-refractivity contribution < 1.29 is 0 Å². The summed E-state index contributed by atoms with van der Waals surface area (Å²) in [4.78, 5) is 0. The van der Waals surface area contributed by atoms with Crippen molar-refractivity contribution >= 4 is 59.1 Å². The molecule has 0 aliphatic heterocycles. The largest absolute Gasteiger partial charge is 0.329 e. The Bertz CT molecular complexity index is 24.9. The van der Waals surface area contributed by atoms with Crippen molar-refractivity contribution in [1.82, 2.24) is 0 Å². The maximum absolute atomic E-state index is 5.17. The molecule has 0 bridgehead atoms. The first-order chi connectivity index (χ1) is 2.27. The molecule has 1 unspecified atom stereocenters. The summed E-state index contributed by atoms with van der Waals surface area (Å²) in [7, 11) is 0. The van der Waals surface area contributed by atoms with Crippen molar-refractivity contribution in [2.45, 2.75) is 13.0 Å². The zero-order valence-electron chi connectivity index (χ0n) is 5.44. The van der Waals surface area contributed by atoms with E-state index in [1.807, 2.05) is 6.92 Å². The molecule has 0 aliphatic rings. The topological polar surface area (TPSA) is 52.0 Å². The molecule has 7 heavy (non-hydrogen) atoms. The van der Waals surface area contributed by atoms with E-state index in [9.17, 15) is 0 Å². The van der Waals surface area contributed by atoms with Gasteiger partial charge in [0.05, 0.1) is 0 Å². The van der Waals surface area contributed by atoms with Crippen LogP contribution < -0.4 is 11.5 Å². The molecule has 0 fully saturated rings. The Labute approximate surface area is 89.0 Å². The van der Waals surface area contributed by atoms with Gasteiger partial charge in [-0.15, -0.1) is 0 Å². The molecular weight excluding hydrogens is 110 g/mol. The molecule has 0 aromatic rings. The Hall–Kier alpha value is 1.92. The van der Waals surface area contributed by atoms with Crippen molar-refractivity contribution in [3.05, 3.63) is 0 Å². The van der Waals surface area contributed by atoms with Gasteiger partial charge >= 0.3 is 0 Å². The predicted octanol–water partition coefficient (Wildman–Crippen LogP) is -1.47. The minimum atomic E-state index is 0. The summed E-state index contributed by atoms with van der Waals surface area (Å²) in [5, 5.41) is 0. The van der Waals surface area contributed by atoms with Crippen molar-refractivity contribution in [2.24, 2.45) is 11.5 Å². The quantitative estimate of drug-likeness (QED) is 0.415. The van der Waals surface area contributed by atoms with Crippen molar-refractivity contribution in [2.75, 3.05) is 6.54 Å². The van der Waals surface area contributed by atoms with Crippen LogP contribution >= 0.6 is 0 Å². The second-order valence-corrected chi connectivity index (χ2v) is 1.21. The van der Waals surface area contributed by atoms with Crippen LogP contribution in [0.5, 0.6) is 0 Å². The van der Waals surface area contributed by atoms with Crippen LogP contribution in [0.1, 0.15) is 6.92 Å². The molecule has 0 aliphatic carbocycles. The fourth-order valence-electron chi connectivity index (χ4n) is 0.